The Labute approximate surface area is 105 Å². The lowest BCUT2D eigenvalue weighted by molar-refractivity contribution is -0.169. The SMILES string of the molecule is CC1(C)OC2C(NC(=O)O)CC(OCCO)C2O1. The number of amides is 1. The zero-order valence-corrected chi connectivity index (χ0v) is 10.5. The number of rotatable bonds is 4. The second-order valence-electron chi connectivity index (χ2n) is 4.99. The maximum atomic E-state index is 10.7. The summed E-state index contributed by atoms with van der Waals surface area (Å²) in [7, 11) is 0. The number of hydrogen-bond acceptors (Lipinski definition) is 5. The molecule has 2 aliphatic rings. The first kappa shape index (κ1) is 13.5. The van der Waals surface area contributed by atoms with E-state index in [-0.39, 0.29) is 37.6 Å². The van der Waals surface area contributed by atoms with Gasteiger partial charge in [-0.05, 0) is 20.3 Å². The first-order valence-corrected chi connectivity index (χ1v) is 6.00. The van der Waals surface area contributed by atoms with Crippen LogP contribution in [0.15, 0.2) is 0 Å². The van der Waals surface area contributed by atoms with Crippen LogP contribution in [0.3, 0.4) is 0 Å². The maximum absolute atomic E-state index is 10.7. The molecule has 0 aromatic heterocycles. The highest BCUT2D eigenvalue weighted by Crippen LogP contribution is 2.39. The summed E-state index contributed by atoms with van der Waals surface area (Å²) in [6, 6.07) is -0.349. The molecule has 0 aromatic carbocycles. The molecule has 1 aliphatic carbocycles. The topological polar surface area (TPSA) is 97.3 Å². The molecule has 7 heteroatoms. The second kappa shape index (κ2) is 5.00. The zero-order valence-electron chi connectivity index (χ0n) is 10.5. The van der Waals surface area contributed by atoms with E-state index in [4.69, 9.17) is 24.4 Å². The van der Waals surface area contributed by atoms with E-state index in [0.717, 1.165) is 0 Å². The monoisotopic (exact) mass is 261 g/mol. The molecule has 0 aromatic rings. The molecule has 1 heterocycles. The number of carboxylic acid groups (broad SMARTS) is 1. The molecule has 104 valence electrons. The Morgan fingerprint density at radius 1 is 1.44 bits per heavy atom. The van der Waals surface area contributed by atoms with Crippen molar-refractivity contribution in [1.82, 2.24) is 5.32 Å². The molecule has 1 amide bonds. The van der Waals surface area contributed by atoms with Gasteiger partial charge in [0.05, 0.1) is 25.4 Å². The van der Waals surface area contributed by atoms with Gasteiger partial charge in [-0.25, -0.2) is 4.79 Å². The summed E-state index contributed by atoms with van der Waals surface area (Å²) in [6.07, 6.45) is -1.52. The van der Waals surface area contributed by atoms with Crippen LogP contribution >= 0.6 is 0 Å². The van der Waals surface area contributed by atoms with E-state index in [9.17, 15) is 4.79 Å². The van der Waals surface area contributed by atoms with E-state index < -0.39 is 11.9 Å². The summed E-state index contributed by atoms with van der Waals surface area (Å²) >= 11 is 0. The highest BCUT2D eigenvalue weighted by molar-refractivity contribution is 5.65. The Hall–Kier alpha value is -0.890. The van der Waals surface area contributed by atoms with Gasteiger partial charge in [0.25, 0.3) is 0 Å². The summed E-state index contributed by atoms with van der Waals surface area (Å²) < 4.78 is 16.9. The number of ether oxygens (including phenoxy) is 3. The molecule has 1 saturated carbocycles. The van der Waals surface area contributed by atoms with E-state index in [0.29, 0.717) is 6.42 Å². The van der Waals surface area contributed by atoms with Crippen LogP contribution in [-0.4, -0.2) is 59.7 Å². The third-order valence-corrected chi connectivity index (χ3v) is 3.14. The minimum absolute atomic E-state index is 0.0742. The third kappa shape index (κ3) is 2.74. The van der Waals surface area contributed by atoms with Crippen molar-refractivity contribution in [3.05, 3.63) is 0 Å². The number of aliphatic hydroxyl groups is 1. The van der Waals surface area contributed by atoms with E-state index in [1.54, 1.807) is 13.8 Å². The molecule has 4 unspecified atom stereocenters. The Bertz CT molecular complexity index is 321. The molecule has 3 N–H and O–H groups in total. The number of nitrogens with one attached hydrogen (secondary N) is 1. The van der Waals surface area contributed by atoms with Gasteiger partial charge in [-0.2, -0.15) is 0 Å². The van der Waals surface area contributed by atoms with E-state index >= 15 is 0 Å². The third-order valence-electron chi connectivity index (χ3n) is 3.14. The maximum Gasteiger partial charge on any atom is 0.404 e. The van der Waals surface area contributed by atoms with Gasteiger partial charge in [-0.15, -0.1) is 0 Å². The van der Waals surface area contributed by atoms with Crippen LogP contribution in [0.1, 0.15) is 20.3 Å². The van der Waals surface area contributed by atoms with Gasteiger partial charge < -0.3 is 29.7 Å². The second-order valence-corrected chi connectivity index (χ2v) is 4.99. The van der Waals surface area contributed by atoms with Crippen molar-refractivity contribution < 1.29 is 29.2 Å². The Morgan fingerprint density at radius 2 is 2.11 bits per heavy atom. The summed E-state index contributed by atoms with van der Waals surface area (Å²) in [5.41, 5.74) is 0. The van der Waals surface area contributed by atoms with E-state index in [1.165, 1.54) is 0 Å². The highest BCUT2D eigenvalue weighted by atomic mass is 16.8. The molecule has 7 nitrogen and oxygen atoms in total. The zero-order chi connectivity index (χ0) is 13.3. The van der Waals surface area contributed by atoms with Crippen LogP contribution in [-0.2, 0) is 14.2 Å². The van der Waals surface area contributed by atoms with Crippen LogP contribution in [0, 0.1) is 0 Å². The average Bonchev–Trinajstić information content (AvgIpc) is 2.71. The van der Waals surface area contributed by atoms with Gasteiger partial charge >= 0.3 is 6.09 Å². The molecule has 2 rings (SSSR count). The number of hydrogen-bond donors (Lipinski definition) is 3. The lowest BCUT2D eigenvalue weighted by atomic mass is 10.2. The first-order valence-electron chi connectivity index (χ1n) is 6.00. The van der Waals surface area contributed by atoms with Gasteiger partial charge in [-0.1, -0.05) is 0 Å². The van der Waals surface area contributed by atoms with Crippen LogP contribution in [0.4, 0.5) is 4.79 Å². The molecule has 18 heavy (non-hydrogen) atoms. The quantitative estimate of drug-likeness (QED) is 0.655. The predicted octanol–water partition coefficient (Wildman–Crippen LogP) is -0.0761. The molecular formula is C11H19NO6. The number of carbonyl (C=O) groups is 1. The lowest BCUT2D eigenvalue weighted by Crippen LogP contribution is -2.42. The summed E-state index contributed by atoms with van der Waals surface area (Å²) in [6.45, 7) is 3.70. The summed E-state index contributed by atoms with van der Waals surface area (Å²) in [5, 5.41) is 20.0. The Kier molecular flexibility index (Phi) is 3.76. The minimum Gasteiger partial charge on any atom is -0.465 e. The number of fused-ring (bicyclic) bond motifs is 1. The van der Waals surface area contributed by atoms with Gasteiger partial charge in [0.1, 0.15) is 12.2 Å². The summed E-state index contributed by atoms with van der Waals surface area (Å²) in [4.78, 5) is 10.7. The first-order chi connectivity index (χ1) is 8.43. The fourth-order valence-corrected chi connectivity index (χ4v) is 2.60. The minimum atomic E-state index is -1.09. The predicted molar refractivity (Wildman–Crippen MR) is 60.2 cm³/mol. The molecule has 0 radical (unpaired) electrons. The molecule has 0 bridgehead atoms. The highest BCUT2D eigenvalue weighted by Gasteiger charge is 2.55. The van der Waals surface area contributed by atoms with Crippen LogP contribution < -0.4 is 5.32 Å². The van der Waals surface area contributed by atoms with E-state index in [1.807, 2.05) is 0 Å². The smallest absolute Gasteiger partial charge is 0.404 e. The number of aliphatic hydroxyl groups excluding tert-OH is 1. The fourth-order valence-electron chi connectivity index (χ4n) is 2.60. The normalized spacial score (nSPS) is 37.5. The van der Waals surface area contributed by atoms with Crippen molar-refractivity contribution in [2.24, 2.45) is 0 Å². The summed E-state index contributed by atoms with van der Waals surface area (Å²) in [5.74, 6) is -0.741. The van der Waals surface area contributed by atoms with E-state index in [2.05, 4.69) is 5.32 Å². The van der Waals surface area contributed by atoms with Gasteiger partial charge in [0.2, 0.25) is 0 Å². The Balaban J connectivity index is 2.05. The molecule has 2 fully saturated rings. The molecule has 1 saturated heterocycles. The standard InChI is InChI=1S/C11H19NO6/c1-11(2)17-8-6(12-10(14)15)5-7(9(8)18-11)16-4-3-13/h6-9,12-13H,3-5H2,1-2H3,(H,14,15). The molecule has 0 spiro atoms. The average molecular weight is 261 g/mol. The van der Waals surface area contributed by atoms with Gasteiger partial charge in [0.15, 0.2) is 5.79 Å². The van der Waals surface area contributed by atoms with Crippen LogP contribution in [0.5, 0.6) is 0 Å². The van der Waals surface area contributed by atoms with Gasteiger partial charge in [0, 0.05) is 0 Å². The van der Waals surface area contributed by atoms with Gasteiger partial charge in [-0.3, -0.25) is 0 Å². The Morgan fingerprint density at radius 3 is 2.72 bits per heavy atom. The van der Waals surface area contributed by atoms with Crippen LogP contribution in [0.2, 0.25) is 0 Å². The molecule has 4 atom stereocenters. The van der Waals surface area contributed by atoms with Crippen molar-refractivity contribution in [2.45, 2.75) is 50.4 Å². The molecular weight excluding hydrogens is 242 g/mol. The van der Waals surface area contributed by atoms with Crippen molar-refractivity contribution in [3.63, 3.8) is 0 Å². The van der Waals surface area contributed by atoms with Crippen molar-refractivity contribution in [1.29, 1.82) is 0 Å². The van der Waals surface area contributed by atoms with Crippen molar-refractivity contribution in [3.8, 4) is 0 Å². The lowest BCUT2D eigenvalue weighted by Gasteiger charge is -2.23. The molecule has 1 aliphatic heterocycles. The largest absolute Gasteiger partial charge is 0.465 e. The van der Waals surface area contributed by atoms with Crippen LogP contribution in [0.25, 0.3) is 0 Å². The van der Waals surface area contributed by atoms with Crippen molar-refractivity contribution >= 4 is 6.09 Å². The fraction of sp³-hybridized carbons (Fsp3) is 0.909. The van der Waals surface area contributed by atoms with Crippen molar-refractivity contribution in [2.75, 3.05) is 13.2 Å².